The Bertz CT molecular complexity index is 223. The standard InChI is InChI=1S/C10H19NO4S/c1-3-4-6-15-10(14)11-8(9(12)13)5-7-16-2/h8H,3-7H2,1-2H3,(H,11,14)(H,12,13)/t8-/m0/s1. The fraction of sp³-hybridized carbons (Fsp3) is 0.800. The van der Waals surface area contributed by atoms with E-state index >= 15 is 0 Å². The first-order valence-corrected chi connectivity index (χ1v) is 6.66. The van der Waals surface area contributed by atoms with Gasteiger partial charge in [-0.3, -0.25) is 0 Å². The molecular formula is C10H19NO4S. The van der Waals surface area contributed by atoms with Gasteiger partial charge in [0.1, 0.15) is 6.04 Å². The van der Waals surface area contributed by atoms with Gasteiger partial charge in [-0.1, -0.05) is 13.3 Å². The highest BCUT2D eigenvalue weighted by atomic mass is 32.2. The summed E-state index contributed by atoms with van der Waals surface area (Å²) < 4.78 is 4.82. The summed E-state index contributed by atoms with van der Waals surface area (Å²) in [5.74, 6) is -0.340. The number of carboxylic acid groups (broad SMARTS) is 1. The van der Waals surface area contributed by atoms with Gasteiger partial charge in [-0.05, 0) is 24.9 Å². The van der Waals surface area contributed by atoms with Gasteiger partial charge in [-0.15, -0.1) is 0 Å². The van der Waals surface area contributed by atoms with Gasteiger partial charge in [0, 0.05) is 0 Å². The van der Waals surface area contributed by atoms with Gasteiger partial charge in [-0.2, -0.15) is 11.8 Å². The molecule has 0 bridgehead atoms. The van der Waals surface area contributed by atoms with Gasteiger partial charge in [0.05, 0.1) is 6.61 Å². The lowest BCUT2D eigenvalue weighted by atomic mass is 10.2. The molecule has 0 aliphatic rings. The number of ether oxygens (including phenoxy) is 1. The number of carbonyl (C=O) groups excluding carboxylic acids is 1. The van der Waals surface area contributed by atoms with Crippen LogP contribution in [0.1, 0.15) is 26.2 Å². The van der Waals surface area contributed by atoms with Gasteiger partial charge in [0.25, 0.3) is 0 Å². The van der Waals surface area contributed by atoms with Crippen molar-refractivity contribution >= 4 is 23.8 Å². The van der Waals surface area contributed by atoms with E-state index in [1.807, 2.05) is 13.2 Å². The second kappa shape index (κ2) is 9.33. The summed E-state index contributed by atoms with van der Waals surface area (Å²) in [5, 5.41) is 11.2. The van der Waals surface area contributed by atoms with E-state index in [0.29, 0.717) is 18.8 Å². The third kappa shape index (κ3) is 7.39. The fourth-order valence-corrected chi connectivity index (χ4v) is 1.46. The van der Waals surface area contributed by atoms with Crippen LogP contribution in [0.25, 0.3) is 0 Å². The number of unbranched alkanes of at least 4 members (excludes halogenated alkanes) is 1. The summed E-state index contributed by atoms with van der Waals surface area (Å²) in [6.07, 6.45) is 3.36. The fourth-order valence-electron chi connectivity index (χ4n) is 0.986. The second-order valence-electron chi connectivity index (χ2n) is 3.31. The van der Waals surface area contributed by atoms with Crippen LogP contribution in [-0.2, 0) is 9.53 Å². The maximum absolute atomic E-state index is 11.2. The van der Waals surface area contributed by atoms with Crippen LogP contribution in [0.5, 0.6) is 0 Å². The predicted molar refractivity (Wildman–Crippen MR) is 63.8 cm³/mol. The van der Waals surface area contributed by atoms with Gasteiger partial charge in [0.2, 0.25) is 0 Å². The molecule has 0 rings (SSSR count). The van der Waals surface area contributed by atoms with E-state index in [0.717, 1.165) is 12.8 Å². The first-order valence-electron chi connectivity index (χ1n) is 5.26. The number of hydrogen-bond donors (Lipinski definition) is 2. The van der Waals surface area contributed by atoms with E-state index in [9.17, 15) is 9.59 Å². The summed E-state index contributed by atoms with van der Waals surface area (Å²) >= 11 is 1.54. The van der Waals surface area contributed by atoms with E-state index in [4.69, 9.17) is 9.84 Å². The minimum atomic E-state index is -1.03. The van der Waals surface area contributed by atoms with Crippen LogP contribution in [0.2, 0.25) is 0 Å². The lowest BCUT2D eigenvalue weighted by Crippen LogP contribution is -2.41. The van der Waals surface area contributed by atoms with Crippen molar-refractivity contribution in [2.45, 2.75) is 32.2 Å². The molecule has 2 N–H and O–H groups in total. The number of carbonyl (C=O) groups is 2. The van der Waals surface area contributed by atoms with E-state index in [-0.39, 0.29) is 0 Å². The number of amides is 1. The molecule has 1 atom stereocenters. The molecular weight excluding hydrogens is 230 g/mol. The first kappa shape index (κ1) is 15.1. The van der Waals surface area contributed by atoms with Crippen molar-refractivity contribution in [1.82, 2.24) is 5.32 Å². The smallest absolute Gasteiger partial charge is 0.407 e. The SMILES string of the molecule is CCCCOC(=O)N[C@@H](CCSC)C(=O)O. The number of rotatable bonds is 8. The Morgan fingerprint density at radius 2 is 2.19 bits per heavy atom. The summed E-state index contributed by atoms with van der Waals surface area (Å²) in [6, 6.07) is -0.860. The van der Waals surface area contributed by atoms with Gasteiger partial charge in [-0.25, -0.2) is 9.59 Å². The molecule has 94 valence electrons. The highest BCUT2D eigenvalue weighted by Gasteiger charge is 2.19. The molecule has 5 nitrogen and oxygen atoms in total. The average Bonchev–Trinajstić information content (AvgIpc) is 2.24. The Hall–Kier alpha value is -0.910. The van der Waals surface area contributed by atoms with Crippen molar-refractivity contribution < 1.29 is 19.4 Å². The molecule has 0 aliphatic heterocycles. The van der Waals surface area contributed by atoms with E-state index in [1.165, 1.54) is 0 Å². The molecule has 0 spiro atoms. The molecule has 0 radical (unpaired) electrons. The van der Waals surface area contributed by atoms with Crippen molar-refractivity contribution in [2.24, 2.45) is 0 Å². The second-order valence-corrected chi connectivity index (χ2v) is 4.29. The number of hydrogen-bond acceptors (Lipinski definition) is 4. The molecule has 0 fully saturated rings. The van der Waals surface area contributed by atoms with Crippen molar-refractivity contribution in [3.05, 3.63) is 0 Å². The largest absolute Gasteiger partial charge is 0.480 e. The van der Waals surface area contributed by atoms with Crippen LogP contribution in [-0.4, -0.2) is 41.8 Å². The number of carboxylic acids is 1. The predicted octanol–water partition coefficient (Wildman–Crippen LogP) is 1.72. The topological polar surface area (TPSA) is 75.6 Å². The molecule has 0 saturated carbocycles. The van der Waals surface area contributed by atoms with Crippen molar-refractivity contribution in [2.75, 3.05) is 18.6 Å². The van der Waals surface area contributed by atoms with Crippen LogP contribution < -0.4 is 5.32 Å². The molecule has 0 aliphatic carbocycles. The highest BCUT2D eigenvalue weighted by molar-refractivity contribution is 7.98. The lowest BCUT2D eigenvalue weighted by Gasteiger charge is -2.13. The van der Waals surface area contributed by atoms with Crippen molar-refractivity contribution in [1.29, 1.82) is 0 Å². The Kier molecular flexibility index (Phi) is 8.80. The normalized spacial score (nSPS) is 11.9. The van der Waals surface area contributed by atoms with Crippen LogP contribution in [0, 0.1) is 0 Å². The molecule has 1 amide bonds. The zero-order valence-corrected chi connectivity index (χ0v) is 10.5. The molecule has 0 heterocycles. The molecule has 0 aromatic rings. The molecule has 0 saturated heterocycles. The monoisotopic (exact) mass is 249 g/mol. The Balaban J connectivity index is 3.88. The quantitative estimate of drug-likeness (QED) is 0.641. The maximum Gasteiger partial charge on any atom is 0.407 e. The Morgan fingerprint density at radius 3 is 2.69 bits per heavy atom. The summed E-state index contributed by atoms with van der Waals surface area (Å²) in [5.41, 5.74) is 0. The molecule has 0 aromatic heterocycles. The number of nitrogens with one attached hydrogen (secondary N) is 1. The minimum absolute atomic E-state index is 0.331. The number of aliphatic carboxylic acids is 1. The summed E-state index contributed by atoms with van der Waals surface area (Å²) in [7, 11) is 0. The highest BCUT2D eigenvalue weighted by Crippen LogP contribution is 2.01. The molecule has 0 aromatic carbocycles. The van der Waals surface area contributed by atoms with Gasteiger partial charge >= 0.3 is 12.1 Å². The average molecular weight is 249 g/mol. The Labute approximate surface area is 99.9 Å². The van der Waals surface area contributed by atoms with E-state index < -0.39 is 18.1 Å². The third-order valence-electron chi connectivity index (χ3n) is 1.93. The van der Waals surface area contributed by atoms with E-state index in [2.05, 4.69) is 5.32 Å². The van der Waals surface area contributed by atoms with Crippen molar-refractivity contribution in [3.63, 3.8) is 0 Å². The van der Waals surface area contributed by atoms with Crippen LogP contribution in [0.3, 0.4) is 0 Å². The zero-order valence-electron chi connectivity index (χ0n) is 9.69. The Morgan fingerprint density at radius 1 is 1.50 bits per heavy atom. The summed E-state index contributed by atoms with van der Waals surface area (Å²) in [4.78, 5) is 22.0. The third-order valence-corrected chi connectivity index (χ3v) is 2.58. The van der Waals surface area contributed by atoms with Crippen LogP contribution in [0.15, 0.2) is 0 Å². The molecule has 16 heavy (non-hydrogen) atoms. The van der Waals surface area contributed by atoms with E-state index in [1.54, 1.807) is 11.8 Å². The lowest BCUT2D eigenvalue weighted by molar-refractivity contribution is -0.139. The molecule has 0 unspecified atom stereocenters. The zero-order chi connectivity index (χ0) is 12.4. The number of thioether (sulfide) groups is 1. The minimum Gasteiger partial charge on any atom is -0.480 e. The number of alkyl carbamates (subject to hydrolysis) is 1. The van der Waals surface area contributed by atoms with Gasteiger partial charge in [0.15, 0.2) is 0 Å². The first-order chi connectivity index (χ1) is 7.61. The summed E-state index contributed by atoms with van der Waals surface area (Å²) in [6.45, 7) is 2.32. The molecule has 6 heteroatoms. The van der Waals surface area contributed by atoms with Gasteiger partial charge < -0.3 is 15.2 Å². The van der Waals surface area contributed by atoms with Crippen LogP contribution >= 0.6 is 11.8 Å². The van der Waals surface area contributed by atoms with Crippen LogP contribution in [0.4, 0.5) is 4.79 Å². The van der Waals surface area contributed by atoms with Crippen molar-refractivity contribution in [3.8, 4) is 0 Å². The maximum atomic E-state index is 11.2.